The number of hydrogen-bond acceptors (Lipinski definition) is 7. The number of likely N-dealkylation sites (tertiary alicyclic amines) is 1. The van der Waals surface area contributed by atoms with Gasteiger partial charge >= 0.3 is 0 Å². The smallest absolute Gasteiger partial charge is 0.252 e. The molecule has 1 unspecified atom stereocenters. The second-order valence-corrected chi connectivity index (χ2v) is 8.86. The summed E-state index contributed by atoms with van der Waals surface area (Å²) in [4.78, 5) is 19.2. The topological polar surface area (TPSA) is 86.9 Å². The first-order chi connectivity index (χ1) is 15.6. The van der Waals surface area contributed by atoms with E-state index in [0.717, 1.165) is 75.4 Å². The highest BCUT2D eigenvalue weighted by atomic mass is 16.5. The van der Waals surface area contributed by atoms with E-state index in [1.807, 2.05) is 29.2 Å². The van der Waals surface area contributed by atoms with Crippen LogP contribution in [0.25, 0.3) is 0 Å². The molecule has 8 heteroatoms. The fourth-order valence-corrected chi connectivity index (χ4v) is 4.83. The van der Waals surface area contributed by atoms with Gasteiger partial charge in [0, 0.05) is 39.6 Å². The summed E-state index contributed by atoms with van der Waals surface area (Å²) in [5, 5.41) is 4.09. The summed E-state index contributed by atoms with van der Waals surface area (Å²) in [6.07, 6.45) is 5.83. The zero-order chi connectivity index (χ0) is 22.4. The van der Waals surface area contributed by atoms with Crippen LogP contribution in [-0.2, 0) is 33.7 Å². The summed E-state index contributed by atoms with van der Waals surface area (Å²) < 4.78 is 21.7. The van der Waals surface area contributed by atoms with Crippen molar-refractivity contribution in [1.82, 2.24) is 15.0 Å². The molecule has 174 valence electrons. The molecule has 2 saturated heterocycles. The first-order valence-corrected chi connectivity index (χ1v) is 11.4. The number of rotatable bonds is 8. The Morgan fingerprint density at radius 2 is 2.00 bits per heavy atom. The molecule has 0 saturated carbocycles. The number of nitrogens with zero attached hydrogens (tertiary/aromatic N) is 3. The molecule has 0 N–H and O–H groups in total. The number of amides is 1. The summed E-state index contributed by atoms with van der Waals surface area (Å²) in [5.74, 6) is 2.78. The van der Waals surface area contributed by atoms with E-state index in [4.69, 9.17) is 18.7 Å². The highest BCUT2D eigenvalue weighted by molar-refractivity contribution is 5.76. The van der Waals surface area contributed by atoms with Crippen molar-refractivity contribution >= 4 is 5.91 Å². The van der Waals surface area contributed by atoms with Gasteiger partial charge in [0.25, 0.3) is 5.89 Å². The maximum Gasteiger partial charge on any atom is 0.252 e. The summed E-state index contributed by atoms with van der Waals surface area (Å²) in [6, 6.07) is 7.92. The first-order valence-electron chi connectivity index (χ1n) is 11.4. The molecular formula is C24H33N3O5. The highest BCUT2D eigenvalue weighted by Crippen LogP contribution is 2.38. The second kappa shape index (κ2) is 10.4. The Balaban J connectivity index is 1.24. The van der Waals surface area contributed by atoms with Gasteiger partial charge in [-0.1, -0.05) is 17.3 Å². The second-order valence-electron chi connectivity index (χ2n) is 8.86. The van der Waals surface area contributed by atoms with Crippen molar-refractivity contribution in [3.8, 4) is 5.75 Å². The first kappa shape index (κ1) is 22.7. The Labute approximate surface area is 189 Å². The normalized spacial score (nSPS) is 20.4. The molecule has 1 amide bonds. The zero-order valence-electron chi connectivity index (χ0n) is 19.0. The monoisotopic (exact) mass is 443 g/mol. The maximum absolute atomic E-state index is 12.8. The molecule has 4 rings (SSSR count). The standard InChI is InChI=1S/C24H33N3O5/c1-29-17-22-25-21(26-32-22)15-19-9-14-31-24(16-19)10-12-27(13-11-24)23(28)8-5-18-3-6-20(30-2)7-4-18/h3-4,6-7,19H,5,8-17H2,1-2H3. The quantitative estimate of drug-likeness (QED) is 0.619. The van der Waals surface area contributed by atoms with Crippen molar-refractivity contribution in [3.63, 3.8) is 0 Å². The molecule has 2 aliphatic heterocycles. The number of carbonyl (C=O) groups excluding carboxylic acids is 1. The predicted octanol–water partition coefficient (Wildman–Crippen LogP) is 3.19. The molecule has 3 heterocycles. The molecule has 2 aromatic rings. The Bertz CT molecular complexity index is 874. The van der Waals surface area contributed by atoms with Gasteiger partial charge in [0.05, 0.1) is 12.7 Å². The third-order valence-corrected chi connectivity index (χ3v) is 6.66. The molecule has 1 atom stereocenters. The Morgan fingerprint density at radius 3 is 2.72 bits per heavy atom. The molecule has 1 aromatic carbocycles. The minimum atomic E-state index is -0.130. The average Bonchev–Trinajstić information content (AvgIpc) is 3.25. The lowest BCUT2D eigenvalue weighted by Crippen LogP contribution is -2.51. The fourth-order valence-electron chi connectivity index (χ4n) is 4.83. The molecule has 2 fully saturated rings. The molecule has 0 bridgehead atoms. The molecule has 0 radical (unpaired) electrons. The summed E-state index contributed by atoms with van der Waals surface area (Å²) in [7, 11) is 3.27. The SMILES string of the molecule is COCc1nc(CC2CCOC3(CCN(C(=O)CCc4ccc(OC)cc4)CC3)C2)no1. The van der Waals surface area contributed by atoms with Crippen LogP contribution in [0.15, 0.2) is 28.8 Å². The lowest BCUT2D eigenvalue weighted by molar-refractivity contribution is -0.147. The molecule has 1 aromatic heterocycles. The van der Waals surface area contributed by atoms with E-state index in [-0.39, 0.29) is 11.5 Å². The maximum atomic E-state index is 12.8. The van der Waals surface area contributed by atoms with Gasteiger partial charge < -0.3 is 23.6 Å². The third kappa shape index (κ3) is 5.66. The number of hydrogen-bond donors (Lipinski definition) is 0. The minimum Gasteiger partial charge on any atom is -0.497 e. The number of piperidine rings is 1. The lowest BCUT2D eigenvalue weighted by Gasteiger charge is -2.46. The van der Waals surface area contributed by atoms with E-state index in [9.17, 15) is 4.79 Å². The Morgan fingerprint density at radius 1 is 1.22 bits per heavy atom. The van der Waals surface area contributed by atoms with Gasteiger partial charge in [-0.25, -0.2) is 0 Å². The van der Waals surface area contributed by atoms with E-state index < -0.39 is 0 Å². The third-order valence-electron chi connectivity index (χ3n) is 6.66. The van der Waals surface area contributed by atoms with Crippen LogP contribution in [0.2, 0.25) is 0 Å². The van der Waals surface area contributed by atoms with E-state index in [1.165, 1.54) is 0 Å². The Kier molecular flexibility index (Phi) is 7.42. The minimum absolute atomic E-state index is 0.130. The van der Waals surface area contributed by atoms with Crippen molar-refractivity contribution in [2.24, 2.45) is 5.92 Å². The van der Waals surface area contributed by atoms with Crippen LogP contribution >= 0.6 is 0 Å². The molecular weight excluding hydrogens is 410 g/mol. The van der Waals surface area contributed by atoms with Gasteiger partial charge in [-0.15, -0.1) is 0 Å². The molecule has 8 nitrogen and oxygen atoms in total. The molecule has 32 heavy (non-hydrogen) atoms. The van der Waals surface area contributed by atoms with Crippen LogP contribution in [-0.4, -0.2) is 60.5 Å². The molecule has 0 aliphatic carbocycles. The van der Waals surface area contributed by atoms with Crippen LogP contribution in [0.5, 0.6) is 5.75 Å². The fraction of sp³-hybridized carbons (Fsp3) is 0.625. The van der Waals surface area contributed by atoms with Crippen LogP contribution in [0, 0.1) is 5.92 Å². The van der Waals surface area contributed by atoms with Gasteiger partial charge in [0.15, 0.2) is 5.82 Å². The van der Waals surface area contributed by atoms with E-state index >= 15 is 0 Å². The van der Waals surface area contributed by atoms with Crippen LogP contribution in [0.3, 0.4) is 0 Å². The largest absolute Gasteiger partial charge is 0.497 e. The number of aryl methyl sites for hydroxylation is 1. The van der Waals surface area contributed by atoms with E-state index in [0.29, 0.717) is 24.8 Å². The van der Waals surface area contributed by atoms with Crippen molar-refractivity contribution in [2.75, 3.05) is 33.9 Å². The molecule has 1 spiro atoms. The van der Waals surface area contributed by atoms with Gasteiger partial charge in [0.1, 0.15) is 12.4 Å². The number of benzene rings is 1. The number of carbonyl (C=O) groups is 1. The van der Waals surface area contributed by atoms with Crippen LogP contribution < -0.4 is 4.74 Å². The Hall–Kier alpha value is -2.45. The van der Waals surface area contributed by atoms with Crippen molar-refractivity contribution in [2.45, 2.75) is 57.2 Å². The van der Waals surface area contributed by atoms with E-state index in [1.54, 1.807) is 14.2 Å². The summed E-state index contributed by atoms with van der Waals surface area (Å²) in [6.45, 7) is 2.61. The van der Waals surface area contributed by atoms with Gasteiger partial charge in [0.2, 0.25) is 5.91 Å². The van der Waals surface area contributed by atoms with Crippen molar-refractivity contribution in [3.05, 3.63) is 41.5 Å². The summed E-state index contributed by atoms with van der Waals surface area (Å²) in [5.41, 5.74) is 1.02. The number of methoxy groups -OCH3 is 2. The van der Waals surface area contributed by atoms with Crippen molar-refractivity contribution in [1.29, 1.82) is 0 Å². The van der Waals surface area contributed by atoms with E-state index in [2.05, 4.69) is 10.1 Å². The lowest BCUT2D eigenvalue weighted by atomic mass is 9.78. The van der Waals surface area contributed by atoms with Crippen molar-refractivity contribution < 1.29 is 23.5 Å². The number of aromatic nitrogens is 2. The van der Waals surface area contributed by atoms with Gasteiger partial charge in [-0.05, 0) is 55.7 Å². The number of ether oxygens (including phenoxy) is 3. The highest BCUT2D eigenvalue weighted by Gasteiger charge is 2.41. The average molecular weight is 444 g/mol. The molecule has 2 aliphatic rings. The predicted molar refractivity (Wildman–Crippen MR) is 117 cm³/mol. The zero-order valence-corrected chi connectivity index (χ0v) is 19.0. The van der Waals surface area contributed by atoms with Gasteiger partial charge in [-0.3, -0.25) is 4.79 Å². The summed E-state index contributed by atoms with van der Waals surface area (Å²) >= 11 is 0. The van der Waals surface area contributed by atoms with Crippen LogP contribution in [0.1, 0.15) is 49.4 Å². The van der Waals surface area contributed by atoms with Crippen LogP contribution in [0.4, 0.5) is 0 Å². The van der Waals surface area contributed by atoms with Gasteiger partial charge in [-0.2, -0.15) is 4.98 Å².